The molecule has 7 nitrogen and oxygen atoms in total. The first-order chi connectivity index (χ1) is 12.0. The number of fused-ring (bicyclic) bond motifs is 1. The van der Waals surface area contributed by atoms with E-state index in [0.717, 1.165) is 5.56 Å². The van der Waals surface area contributed by atoms with Crippen LogP contribution >= 0.6 is 0 Å². The zero-order valence-corrected chi connectivity index (χ0v) is 14.4. The summed E-state index contributed by atoms with van der Waals surface area (Å²) < 4.78 is 5.33. The number of esters is 1. The molecule has 1 aromatic rings. The fourth-order valence-electron chi connectivity index (χ4n) is 3.39. The number of rotatable bonds is 4. The number of nitriles is 1. The fraction of sp³-hybridized carbons (Fsp3) is 0.500. The highest BCUT2D eigenvalue weighted by molar-refractivity contribution is 5.89. The molecule has 25 heavy (non-hydrogen) atoms. The molecule has 0 aliphatic carbocycles. The van der Waals surface area contributed by atoms with Crippen LogP contribution in [-0.2, 0) is 9.53 Å². The molecule has 0 radical (unpaired) electrons. The van der Waals surface area contributed by atoms with Gasteiger partial charge in [0.05, 0.1) is 30.1 Å². The minimum absolute atomic E-state index is 0.0550. The summed E-state index contributed by atoms with van der Waals surface area (Å²) in [5, 5.41) is 14.0. The minimum Gasteiger partial charge on any atom is -0.462 e. The van der Waals surface area contributed by atoms with Crippen LogP contribution in [0.1, 0.15) is 29.3 Å². The van der Waals surface area contributed by atoms with Crippen LogP contribution < -0.4 is 10.7 Å². The Labute approximate surface area is 146 Å². The second-order valence-corrected chi connectivity index (χ2v) is 6.61. The van der Waals surface area contributed by atoms with Crippen LogP contribution in [0.15, 0.2) is 24.3 Å². The van der Waals surface area contributed by atoms with Gasteiger partial charge in [-0.3, -0.25) is 15.1 Å². The van der Waals surface area contributed by atoms with Crippen molar-refractivity contribution in [2.45, 2.75) is 32.5 Å². The van der Waals surface area contributed by atoms with E-state index in [9.17, 15) is 9.59 Å². The van der Waals surface area contributed by atoms with Crippen molar-refractivity contribution in [2.24, 2.45) is 11.8 Å². The summed E-state index contributed by atoms with van der Waals surface area (Å²) in [7, 11) is 0. The second kappa shape index (κ2) is 7.21. The zero-order valence-electron chi connectivity index (χ0n) is 14.4. The van der Waals surface area contributed by atoms with Gasteiger partial charge < -0.3 is 4.74 Å². The number of nitrogens with zero attached hydrogens (tertiary/aromatic N) is 2. The van der Waals surface area contributed by atoms with E-state index in [2.05, 4.69) is 16.8 Å². The lowest BCUT2D eigenvalue weighted by atomic mass is 9.92. The average Bonchev–Trinajstić information content (AvgIpc) is 3.00. The number of carbonyl (C=O) groups excluding carboxylic acids is 2. The van der Waals surface area contributed by atoms with E-state index in [1.165, 1.54) is 5.01 Å². The summed E-state index contributed by atoms with van der Waals surface area (Å²) in [4.78, 5) is 24.7. The quantitative estimate of drug-likeness (QED) is 0.792. The minimum atomic E-state index is -0.380. The Kier molecular flexibility index (Phi) is 5.02. The molecule has 2 N–H and O–H groups in total. The third-order valence-corrected chi connectivity index (χ3v) is 4.81. The number of aryl methyl sites for hydroxylation is 1. The monoisotopic (exact) mass is 342 g/mol. The first kappa shape index (κ1) is 17.4. The van der Waals surface area contributed by atoms with Crippen molar-refractivity contribution in [3.63, 3.8) is 0 Å². The topological polar surface area (TPSA) is 94.5 Å². The molecule has 3 rings (SSSR count). The normalized spacial score (nSPS) is 28.4. The molecule has 2 aliphatic heterocycles. The summed E-state index contributed by atoms with van der Waals surface area (Å²) in [5.41, 5.74) is 4.49. The highest BCUT2D eigenvalue weighted by Crippen LogP contribution is 2.26. The first-order valence-corrected chi connectivity index (χ1v) is 8.47. The van der Waals surface area contributed by atoms with Crippen LogP contribution in [0.4, 0.5) is 0 Å². The van der Waals surface area contributed by atoms with E-state index in [1.54, 1.807) is 12.1 Å². The molecule has 1 amide bonds. The van der Waals surface area contributed by atoms with E-state index in [1.807, 2.05) is 26.0 Å². The van der Waals surface area contributed by atoms with Gasteiger partial charge in [0, 0.05) is 12.6 Å². The Morgan fingerprint density at radius 3 is 3.00 bits per heavy atom. The number of amides is 1. The van der Waals surface area contributed by atoms with Gasteiger partial charge in [0.1, 0.15) is 6.17 Å². The van der Waals surface area contributed by atoms with Crippen LogP contribution in [0.3, 0.4) is 0 Å². The van der Waals surface area contributed by atoms with Crippen LogP contribution in [0.5, 0.6) is 0 Å². The fourth-order valence-corrected chi connectivity index (χ4v) is 3.39. The van der Waals surface area contributed by atoms with Crippen LogP contribution in [0.25, 0.3) is 0 Å². The molecular weight excluding hydrogens is 320 g/mol. The van der Waals surface area contributed by atoms with Crippen LogP contribution in [0.2, 0.25) is 0 Å². The van der Waals surface area contributed by atoms with Crippen molar-refractivity contribution in [1.29, 1.82) is 5.26 Å². The van der Waals surface area contributed by atoms with Gasteiger partial charge in [-0.25, -0.2) is 10.2 Å². The molecule has 7 heteroatoms. The third-order valence-electron chi connectivity index (χ3n) is 4.81. The first-order valence-electron chi connectivity index (χ1n) is 8.47. The predicted molar refractivity (Wildman–Crippen MR) is 89.9 cm³/mol. The second-order valence-electron chi connectivity index (χ2n) is 6.61. The van der Waals surface area contributed by atoms with E-state index >= 15 is 0 Å². The van der Waals surface area contributed by atoms with Gasteiger partial charge in [0.2, 0.25) is 5.91 Å². The van der Waals surface area contributed by atoms with Crippen molar-refractivity contribution < 1.29 is 14.3 Å². The Hall–Kier alpha value is -2.43. The van der Waals surface area contributed by atoms with Crippen molar-refractivity contribution in [2.75, 3.05) is 13.2 Å². The number of hydrogen-bond donors (Lipinski definition) is 2. The lowest BCUT2D eigenvalue weighted by Crippen LogP contribution is -2.63. The van der Waals surface area contributed by atoms with Gasteiger partial charge in [-0.05, 0) is 32.4 Å². The van der Waals surface area contributed by atoms with E-state index in [4.69, 9.17) is 10.00 Å². The van der Waals surface area contributed by atoms with Crippen molar-refractivity contribution in [3.8, 4) is 6.07 Å². The third kappa shape index (κ3) is 3.50. The summed E-state index contributed by atoms with van der Waals surface area (Å²) in [6.45, 7) is 4.48. The van der Waals surface area contributed by atoms with Gasteiger partial charge in [0.25, 0.3) is 0 Å². The predicted octanol–water partition coefficient (Wildman–Crippen LogP) is 0.962. The molecule has 2 heterocycles. The maximum atomic E-state index is 12.6. The number of benzene rings is 1. The largest absolute Gasteiger partial charge is 0.462 e. The van der Waals surface area contributed by atoms with E-state index < -0.39 is 0 Å². The SMILES string of the molecule is Cc1cccc(C(=O)OCCC2C(=O)N3NCC(C#N)C3NC2C)c1. The summed E-state index contributed by atoms with van der Waals surface area (Å²) in [6.07, 6.45) is 0.144. The molecule has 2 saturated heterocycles. The highest BCUT2D eigenvalue weighted by Gasteiger charge is 2.46. The average molecular weight is 342 g/mol. The number of hydrazine groups is 1. The van der Waals surface area contributed by atoms with E-state index in [0.29, 0.717) is 18.5 Å². The molecule has 0 saturated carbocycles. The smallest absolute Gasteiger partial charge is 0.338 e. The number of hydrogen-bond acceptors (Lipinski definition) is 6. The van der Waals surface area contributed by atoms with Crippen LogP contribution in [-0.4, -0.2) is 42.2 Å². The Morgan fingerprint density at radius 1 is 1.48 bits per heavy atom. The lowest BCUT2D eigenvalue weighted by molar-refractivity contribution is -0.147. The molecule has 132 valence electrons. The van der Waals surface area contributed by atoms with Crippen LogP contribution in [0, 0.1) is 30.1 Å². The number of carbonyl (C=O) groups is 2. The lowest BCUT2D eigenvalue weighted by Gasteiger charge is -2.39. The molecule has 0 bridgehead atoms. The molecule has 0 spiro atoms. The molecule has 2 aliphatic rings. The summed E-state index contributed by atoms with van der Waals surface area (Å²) in [5.74, 6) is -0.993. The van der Waals surface area contributed by atoms with Gasteiger partial charge in [-0.2, -0.15) is 5.26 Å². The van der Waals surface area contributed by atoms with E-state index in [-0.39, 0.29) is 42.5 Å². The van der Waals surface area contributed by atoms with Gasteiger partial charge in [-0.1, -0.05) is 17.7 Å². The summed E-state index contributed by atoms with van der Waals surface area (Å²) in [6, 6.07) is 9.35. The molecule has 1 aromatic carbocycles. The Bertz CT molecular complexity index is 715. The molecular formula is C18H22N4O3. The van der Waals surface area contributed by atoms with Gasteiger partial charge in [0.15, 0.2) is 0 Å². The molecule has 4 atom stereocenters. The van der Waals surface area contributed by atoms with Gasteiger partial charge in [-0.15, -0.1) is 0 Å². The van der Waals surface area contributed by atoms with Crippen molar-refractivity contribution >= 4 is 11.9 Å². The number of ether oxygens (including phenoxy) is 1. The molecule has 4 unspecified atom stereocenters. The highest BCUT2D eigenvalue weighted by atomic mass is 16.5. The Balaban J connectivity index is 1.56. The molecule has 2 fully saturated rings. The van der Waals surface area contributed by atoms with Crippen molar-refractivity contribution in [1.82, 2.24) is 15.8 Å². The maximum absolute atomic E-state index is 12.6. The Morgan fingerprint density at radius 2 is 2.28 bits per heavy atom. The van der Waals surface area contributed by atoms with Crippen molar-refractivity contribution in [3.05, 3.63) is 35.4 Å². The number of nitrogens with one attached hydrogen (secondary N) is 2. The zero-order chi connectivity index (χ0) is 18.0. The maximum Gasteiger partial charge on any atom is 0.338 e. The molecule has 0 aromatic heterocycles. The van der Waals surface area contributed by atoms with Gasteiger partial charge >= 0.3 is 5.97 Å². The summed E-state index contributed by atoms with van der Waals surface area (Å²) >= 11 is 0. The standard InChI is InChI=1S/C18H22N4O3/c1-11-4-3-5-13(8-11)18(24)25-7-6-15-12(2)21-16-14(9-19)10-20-22(16)17(15)23/h3-5,8,12,14-16,20-21H,6-7,10H2,1-2H3.